The largest absolute Gasteiger partial charge is 0.392 e. The third-order valence-electron chi connectivity index (χ3n) is 3.75. The average molecular weight is 287 g/mol. The number of aromatic nitrogens is 2. The molecule has 0 atom stereocenters. The minimum atomic E-state index is -3.58. The number of H-pyrrole nitrogens is 1. The molecule has 1 aromatic heterocycles. The summed E-state index contributed by atoms with van der Waals surface area (Å²) in [5.74, 6) is 0. The predicted molar refractivity (Wildman–Crippen MR) is 70.9 cm³/mol. The van der Waals surface area contributed by atoms with Crippen LogP contribution in [-0.2, 0) is 16.6 Å². The van der Waals surface area contributed by atoms with E-state index in [-0.39, 0.29) is 17.0 Å². The highest BCUT2D eigenvalue weighted by Crippen LogP contribution is 2.31. The van der Waals surface area contributed by atoms with Gasteiger partial charge < -0.3 is 5.11 Å². The molecule has 0 spiro atoms. The highest BCUT2D eigenvalue weighted by molar-refractivity contribution is 7.89. The van der Waals surface area contributed by atoms with E-state index in [1.54, 1.807) is 0 Å². The van der Waals surface area contributed by atoms with Crippen LogP contribution in [0.15, 0.2) is 11.2 Å². The van der Waals surface area contributed by atoms with E-state index in [9.17, 15) is 8.42 Å². The molecule has 0 radical (unpaired) electrons. The van der Waals surface area contributed by atoms with Crippen LogP contribution in [-0.4, -0.2) is 41.1 Å². The van der Waals surface area contributed by atoms with Gasteiger partial charge in [-0.1, -0.05) is 13.8 Å². The van der Waals surface area contributed by atoms with Crippen LogP contribution >= 0.6 is 0 Å². The third-order valence-corrected chi connectivity index (χ3v) is 5.66. The lowest BCUT2D eigenvalue weighted by Gasteiger charge is -2.22. The van der Waals surface area contributed by atoms with Crippen molar-refractivity contribution in [3.8, 4) is 0 Å². The van der Waals surface area contributed by atoms with E-state index < -0.39 is 10.0 Å². The van der Waals surface area contributed by atoms with Crippen molar-refractivity contribution in [3.63, 3.8) is 0 Å². The van der Waals surface area contributed by atoms with Gasteiger partial charge in [0.05, 0.1) is 12.8 Å². The Morgan fingerprint density at radius 3 is 2.84 bits per heavy atom. The van der Waals surface area contributed by atoms with Crippen LogP contribution < -0.4 is 0 Å². The van der Waals surface area contributed by atoms with Crippen molar-refractivity contribution in [1.29, 1.82) is 0 Å². The van der Waals surface area contributed by atoms with Crippen LogP contribution in [0.5, 0.6) is 0 Å². The maximum Gasteiger partial charge on any atom is 0.260 e. The van der Waals surface area contributed by atoms with Gasteiger partial charge in [0.25, 0.3) is 10.0 Å². The first-order valence-corrected chi connectivity index (χ1v) is 7.94. The van der Waals surface area contributed by atoms with Crippen LogP contribution in [0.2, 0.25) is 0 Å². The number of rotatable bonds is 3. The summed E-state index contributed by atoms with van der Waals surface area (Å²) in [6, 6.07) is 0. The summed E-state index contributed by atoms with van der Waals surface area (Å²) < 4.78 is 26.6. The lowest BCUT2D eigenvalue weighted by atomic mass is 9.85. The number of sulfonamides is 1. The second kappa shape index (κ2) is 5.22. The van der Waals surface area contributed by atoms with Gasteiger partial charge >= 0.3 is 0 Å². The number of nitrogens with zero attached hydrogens (tertiary/aromatic N) is 2. The fraction of sp³-hybridized carbons (Fsp3) is 0.750. The van der Waals surface area contributed by atoms with Gasteiger partial charge in [0, 0.05) is 18.7 Å². The molecule has 2 N–H and O–H groups in total. The second-order valence-electron chi connectivity index (χ2n) is 5.80. The summed E-state index contributed by atoms with van der Waals surface area (Å²) in [4.78, 5) is 0. The van der Waals surface area contributed by atoms with Gasteiger partial charge in [-0.15, -0.1) is 0 Å². The summed E-state index contributed by atoms with van der Waals surface area (Å²) in [7, 11) is -3.58. The van der Waals surface area contributed by atoms with Gasteiger partial charge in [-0.25, -0.2) is 8.42 Å². The molecule has 1 aliphatic rings. The van der Waals surface area contributed by atoms with Crippen molar-refractivity contribution in [2.75, 3.05) is 13.1 Å². The zero-order valence-corrected chi connectivity index (χ0v) is 12.2. The maximum atomic E-state index is 12.5. The Kier molecular flexibility index (Phi) is 3.98. The Labute approximate surface area is 113 Å². The zero-order chi connectivity index (χ0) is 14.1. The van der Waals surface area contributed by atoms with Crippen LogP contribution in [0, 0.1) is 5.41 Å². The molecule has 0 aromatic carbocycles. The van der Waals surface area contributed by atoms with Crippen molar-refractivity contribution >= 4 is 10.0 Å². The molecule has 108 valence electrons. The quantitative estimate of drug-likeness (QED) is 0.871. The Morgan fingerprint density at radius 1 is 1.42 bits per heavy atom. The van der Waals surface area contributed by atoms with Gasteiger partial charge in [0.15, 0.2) is 5.03 Å². The van der Waals surface area contributed by atoms with Crippen LogP contribution in [0.1, 0.15) is 38.7 Å². The SMILES string of the molecule is CC1(C)CCCN(S(=O)(=O)c2[nH]ncc2CO)CC1. The molecular weight excluding hydrogens is 266 g/mol. The summed E-state index contributed by atoms with van der Waals surface area (Å²) in [6.07, 6.45) is 4.08. The van der Waals surface area contributed by atoms with E-state index in [2.05, 4.69) is 24.0 Å². The van der Waals surface area contributed by atoms with Crippen molar-refractivity contribution in [1.82, 2.24) is 14.5 Å². The lowest BCUT2D eigenvalue weighted by molar-refractivity contribution is 0.277. The molecule has 1 saturated heterocycles. The molecule has 7 heteroatoms. The number of aliphatic hydroxyl groups excluding tert-OH is 1. The van der Waals surface area contributed by atoms with Crippen molar-refractivity contribution in [2.24, 2.45) is 5.41 Å². The van der Waals surface area contributed by atoms with Crippen LogP contribution in [0.3, 0.4) is 0 Å². The molecule has 1 aliphatic heterocycles. The van der Waals surface area contributed by atoms with Gasteiger partial charge in [-0.2, -0.15) is 9.40 Å². The molecule has 0 bridgehead atoms. The van der Waals surface area contributed by atoms with Crippen LogP contribution in [0.4, 0.5) is 0 Å². The van der Waals surface area contributed by atoms with Gasteiger partial charge in [0.1, 0.15) is 0 Å². The normalized spacial score (nSPS) is 21.2. The van der Waals surface area contributed by atoms with E-state index in [1.165, 1.54) is 10.5 Å². The molecule has 1 fully saturated rings. The molecule has 1 aromatic rings. The first-order valence-electron chi connectivity index (χ1n) is 6.50. The molecule has 2 rings (SSSR count). The molecule has 6 nitrogen and oxygen atoms in total. The highest BCUT2D eigenvalue weighted by atomic mass is 32.2. The summed E-state index contributed by atoms with van der Waals surface area (Å²) >= 11 is 0. The van der Waals surface area contributed by atoms with E-state index >= 15 is 0 Å². The Bertz CT molecular complexity index is 536. The molecule has 2 heterocycles. The van der Waals surface area contributed by atoms with Crippen molar-refractivity contribution < 1.29 is 13.5 Å². The first-order chi connectivity index (χ1) is 8.87. The predicted octanol–water partition coefficient (Wildman–Crippen LogP) is 1.10. The topological polar surface area (TPSA) is 86.3 Å². The smallest absolute Gasteiger partial charge is 0.260 e. The Hall–Kier alpha value is -0.920. The third kappa shape index (κ3) is 2.98. The molecular formula is C12H21N3O3S. The van der Waals surface area contributed by atoms with Crippen LogP contribution in [0.25, 0.3) is 0 Å². The van der Waals surface area contributed by atoms with E-state index in [0.717, 1.165) is 19.3 Å². The minimum Gasteiger partial charge on any atom is -0.392 e. The lowest BCUT2D eigenvalue weighted by Crippen LogP contribution is -2.33. The molecule has 0 amide bonds. The van der Waals surface area contributed by atoms with Crippen molar-refractivity contribution in [3.05, 3.63) is 11.8 Å². The summed E-state index contributed by atoms with van der Waals surface area (Å²) in [6.45, 7) is 5.04. The number of hydrogen-bond acceptors (Lipinski definition) is 4. The van der Waals surface area contributed by atoms with E-state index in [1.807, 2.05) is 0 Å². The molecule has 0 aliphatic carbocycles. The zero-order valence-electron chi connectivity index (χ0n) is 11.4. The number of nitrogens with one attached hydrogen (secondary N) is 1. The number of hydrogen-bond donors (Lipinski definition) is 2. The van der Waals surface area contributed by atoms with Gasteiger partial charge in [-0.05, 0) is 24.7 Å². The maximum absolute atomic E-state index is 12.5. The molecule has 0 unspecified atom stereocenters. The highest BCUT2D eigenvalue weighted by Gasteiger charge is 2.32. The fourth-order valence-corrected chi connectivity index (χ4v) is 3.98. The first kappa shape index (κ1) is 14.5. The van der Waals surface area contributed by atoms with E-state index in [0.29, 0.717) is 18.7 Å². The van der Waals surface area contributed by atoms with E-state index in [4.69, 9.17) is 5.11 Å². The monoisotopic (exact) mass is 287 g/mol. The summed E-state index contributed by atoms with van der Waals surface area (Å²) in [5.41, 5.74) is 0.501. The molecule has 19 heavy (non-hydrogen) atoms. The average Bonchev–Trinajstić information content (AvgIpc) is 2.74. The van der Waals surface area contributed by atoms with Crippen molar-refractivity contribution in [2.45, 2.75) is 44.7 Å². The van der Waals surface area contributed by atoms with Gasteiger partial charge in [-0.3, -0.25) is 5.10 Å². The second-order valence-corrected chi connectivity index (χ2v) is 7.68. The minimum absolute atomic E-state index is 0.0229. The number of aromatic amines is 1. The number of aliphatic hydroxyl groups is 1. The van der Waals surface area contributed by atoms with Gasteiger partial charge in [0.2, 0.25) is 0 Å². The Morgan fingerprint density at radius 2 is 2.16 bits per heavy atom. The molecule has 0 saturated carbocycles. The fourth-order valence-electron chi connectivity index (χ4n) is 2.40. The Balaban J connectivity index is 2.25. The summed E-state index contributed by atoms with van der Waals surface area (Å²) in [5, 5.41) is 15.4. The standard InChI is InChI=1S/C12H21N3O3S/c1-12(2)4-3-6-15(7-5-12)19(17,18)11-10(9-16)8-13-14-11/h8,16H,3-7,9H2,1-2H3,(H,13,14).